The Bertz CT molecular complexity index is 842. The highest BCUT2D eigenvalue weighted by Crippen LogP contribution is 2.22. The lowest BCUT2D eigenvalue weighted by atomic mass is 9.93. The summed E-state index contributed by atoms with van der Waals surface area (Å²) in [7, 11) is 0. The number of urea groups is 1. The third-order valence-corrected chi connectivity index (χ3v) is 5.55. The molecule has 0 aromatic heterocycles. The zero-order chi connectivity index (χ0) is 20.6. The van der Waals surface area contributed by atoms with E-state index in [9.17, 15) is 9.59 Å². The monoisotopic (exact) mass is 433 g/mol. The van der Waals surface area contributed by atoms with Crippen molar-refractivity contribution < 1.29 is 9.59 Å². The number of amides is 3. The molecule has 3 amide bonds. The Balaban J connectivity index is 1.41. The Labute approximate surface area is 181 Å². The summed E-state index contributed by atoms with van der Waals surface area (Å²) < 4.78 is 0. The van der Waals surface area contributed by atoms with E-state index in [1.54, 1.807) is 24.3 Å². The molecule has 1 heterocycles. The standard InChI is InChI=1S/C22H25Cl2N3O2/c23-18-7-9-20(10-8-18)26-22(29)27-12-2-4-16(15-27)6-11-21(28)25-14-17-3-1-5-19(24)13-17/h1,3,5,7-10,13,16H,2,4,6,11-12,14-15H2,(H,25,28)(H,26,29). The molecule has 1 atom stereocenters. The van der Waals surface area contributed by atoms with E-state index in [0.717, 1.165) is 37.1 Å². The van der Waals surface area contributed by atoms with Gasteiger partial charge in [-0.3, -0.25) is 4.79 Å². The lowest BCUT2D eigenvalue weighted by Gasteiger charge is -2.32. The molecule has 154 valence electrons. The van der Waals surface area contributed by atoms with E-state index in [-0.39, 0.29) is 11.9 Å². The molecule has 1 unspecified atom stereocenters. The molecule has 1 fully saturated rings. The molecule has 1 aliphatic heterocycles. The molecule has 29 heavy (non-hydrogen) atoms. The predicted octanol–water partition coefficient (Wildman–Crippen LogP) is 5.33. The lowest BCUT2D eigenvalue weighted by Crippen LogP contribution is -2.42. The van der Waals surface area contributed by atoms with Gasteiger partial charge in [0.15, 0.2) is 0 Å². The number of anilines is 1. The Kier molecular flexibility index (Phi) is 7.78. The van der Waals surface area contributed by atoms with Crippen LogP contribution in [0.5, 0.6) is 0 Å². The number of carbonyl (C=O) groups is 2. The Morgan fingerprint density at radius 2 is 1.86 bits per heavy atom. The zero-order valence-electron chi connectivity index (χ0n) is 16.2. The number of piperidine rings is 1. The quantitative estimate of drug-likeness (QED) is 0.645. The van der Waals surface area contributed by atoms with Gasteiger partial charge < -0.3 is 15.5 Å². The van der Waals surface area contributed by atoms with Gasteiger partial charge in [-0.25, -0.2) is 4.79 Å². The van der Waals surface area contributed by atoms with Crippen molar-refractivity contribution in [3.05, 3.63) is 64.1 Å². The Hall–Kier alpha value is -2.24. The van der Waals surface area contributed by atoms with E-state index in [2.05, 4.69) is 10.6 Å². The molecular formula is C22H25Cl2N3O2. The average Bonchev–Trinajstić information content (AvgIpc) is 2.72. The summed E-state index contributed by atoms with van der Waals surface area (Å²) in [6, 6.07) is 14.4. The summed E-state index contributed by atoms with van der Waals surface area (Å²) in [5.74, 6) is 0.351. The number of hydrogen-bond acceptors (Lipinski definition) is 2. The third kappa shape index (κ3) is 6.94. The van der Waals surface area contributed by atoms with Gasteiger partial charge in [0.1, 0.15) is 0 Å². The van der Waals surface area contributed by atoms with Crippen LogP contribution in [0.2, 0.25) is 10.0 Å². The fraction of sp³-hybridized carbons (Fsp3) is 0.364. The highest BCUT2D eigenvalue weighted by atomic mass is 35.5. The van der Waals surface area contributed by atoms with Crippen LogP contribution in [0.25, 0.3) is 0 Å². The first-order chi connectivity index (χ1) is 14.0. The van der Waals surface area contributed by atoms with Gasteiger partial charge in [0.25, 0.3) is 0 Å². The summed E-state index contributed by atoms with van der Waals surface area (Å²) in [4.78, 5) is 26.5. The van der Waals surface area contributed by atoms with Crippen LogP contribution in [0.4, 0.5) is 10.5 Å². The van der Waals surface area contributed by atoms with Crippen LogP contribution in [-0.2, 0) is 11.3 Å². The van der Waals surface area contributed by atoms with Crippen molar-refractivity contribution in [3.63, 3.8) is 0 Å². The van der Waals surface area contributed by atoms with Gasteiger partial charge in [0.2, 0.25) is 5.91 Å². The van der Waals surface area contributed by atoms with Crippen molar-refractivity contribution in [1.82, 2.24) is 10.2 Å². The van der Waals surface area contributed by atoms with Crippen molar-refractivity contribution in [1.29, 1.82) is 0 Å². The number of halogens is 2. The SMILES string of the molecule is O=C(CCC1CCCN(C(=O)Nc2ccc(Cl)cc2)C1)NCc1cccc(Cl)c1. The van der Waals surface area contributed by atoms with E-state index >= 15 is 0 Å². The first-order valence-corrected chi connectivity index (χ1v) is 10.6. The van der Waals surface area contributed by atoms with E-state index in [1.165, 1.54) is 0 Å². The normalized spacial score (nSPS) is 16.3. The fourth-order valence-corrected chi connectivity index (χ4v) is 3.83. The molecule has 0 aliphatic carbocycles. The lowest BCUT2D eigenvalue weighted by molar-refractivity contribution is -0.121. The van der Waals surface area contributed by atoms with Crippen molar-refractivity contribution in [2.45, 2.75) is 32.2 Å². The van der Waals surface area contributed by atoms with Crippen LogP contribution in [0.1, 0.15) is 31.2 Å². The summed E-state index contributed by atoms with van der Waals surface area (Å²) in [6.07, 6.45) is 3.21. The van der Waals surface area contributed by atoms with Crippen molar-refractivity contribution >= 4 is 40.8 Å². The molecule has 0 spiro atoms. The van der Waals surface area contributed by atoms with Gasteiger partial charge in [-0.05, 0) is 67.1 Å². The second-order valence-corrected chi connectivity index (χ2v) is 8.21. The van der Waals surface area contributed by atoms with Gasteiger partial charge in [-0.2, -0.15) is 0 Å². The minimum atomic E-state index is -0.109. The number of nitrogens with one attached hydrogen (secondary N) is 2. The minimum absolute atomic E-state index is 0.0210. The van der Waals surface area contributed by atoms with E-state index in [4.69, 9.17) is 23.2 Å². The maximum atomic E-state index is 12.5. The fourth-order valence-electron chi connectivity index (χ4n) is 3.49. The predicted molar refractivity (Wildman–Crippen MR) is 117 cm³/mol. The average molecular weight is 434 g/mol. The van der Waals surface area contributed by atoms with Crippen molar-refractivity contribution in [2.24, 2.45) is 5.92 Å². The molecule has 1 saturated heterocycles. The summed E-state index contributed by atoms with van der Waals surface area (Å²) in [6.45, 7) is 1.87. The molecule has 1 aliphatic rings. The molecule has 3 rings (SSSR count). The highest BCUT2D eigenvalue weighted by molar-refractivity contribution is 6.30. The van der Waals surface area contributed by atoms with Gasteiger partial charge in [0, 0.05) is 41.8 Å². The second kappa shape index (κ2) is 10.5. The summed E-state index contributed by atoms with van der Waals surface area (Å²) in [5.41, 5.74) is 1.70. The van der Waals surface area contributed by atoms with E-state index in [0.29, 0.717) is 35.5 Å². The van der Waals surface area contributed by atoms with Crippen LogP contribution >= 0.6 is 23.2 Å². The molecule has 2 aromatic carbocycles. The number of hydrogen-bond donors (Lipinski definition) is 2. The Morgan fingerprint density at radius 3 is 2.62 bits per heavy atom. The molecule has 0 saturated carbocycles. The van der Waals surface area contributed by atoms with Crippen LogP contribution < -0.4 is 10.6 Å². The summed E-state index contributed by atoms with van der Waals surface area (Å²) in [5, 5.41) is 7.14. The molecule has 7 heteroatoms. The van der Waals surface area contributed by atoms with Crippen LogP contribution in [0, 0.1) is 5.92 Å². The largest absolute Gasteiger partial charge is 0.352 e. The summed E-state index contributed by atoms with van der Waals surface area (Å²) >= 11 is 11.8. The molecule has 5 nitrogen and oxygen atoms in total. The van der Waals surface area contributed by atoms with Gasteiger partial charge in [-0.15, -0.1) is 0 Å². The maximum Gasteiger partial charge on any atom is 0.321 e. The highest BCUT2D eigenvalue weighted by Gasteiger charge is 2.24. The first-order valence-electron chi connectivity index (χ1n) is 9.82. The van der Waals surface area contributed by atoms with Gasteiger partial charge >= 0.3 is 6.03 Å². The molecular weight excluding hydrogens is 409 g/mol. The van der Waals surface area contributed by atoms with Crippen LogP contribution in [0.3, 0.4) is 0 Å². The van der Waals surface area contributed by atoms with Crippen LogP contribution in [-0.4, -0.2) is 29.9 Å². The number of nitrogens with zero attached hydrogens (tertiary/aromatic N) is 1. The Morgan fingerprint density at radius 1 is 1.07 bits per heavy atom. The van der Waals surface area contributed by atoms with E-state index < -0.39 is 0 Å². The van der Waals surface area contributed by atoms with Crippen molar-refractivity contribution in [3.8, 4) is 0 Å². The molecule has 2 N–H and O–H groups in total. The molecule has 2 aromatic rings. The van der Waals surface area contributed by atoms with Crippen LogP contribution in [0.15, 0.2) is 48.5 Å². The number of benzene rings is 2. The smallest absolute Gasteiger partial charge is 0.321 e. The topological polar surface area (TPSA) is 61.4 Å². The van der Waals surface area contributed by atoms with E-state index in [1.807, 2.05) is 29.2 Å². The minimum Gasteiger partial charge on any atom is -0.352 e. The maximum absolute atomic E-state index is 12.5. The van der Waals surface area contributed by atoms with Gasteiger partial charge in [-0.1, -0.05) is 35.3 Å². The number of rotatable bonds is 6. The second-order valence-electron chi connectivity index (χ2n) is 7.34. The number of carbonyl (C=O) groups excluding carboxylic acids is 2. The third-order valence-electron chi connectivity index (χ3n) is 5.06. The first kappa shape index (κ1) is 21.5. The molecule has 0 bridgehead atoms. The van der Waals surface area contributed by atoms with Crippen molar-refractivity contribution in [2.75, 3.05) is 18.4 Å². The number of likely N-dealkylation sites (tertiary alicyclic amines) is 1. The zero-order valence-corrected chi connectivity index (χ0v) is 17.7. The molecule has 0 radical (unpaired) electrons. The van der Waals surface area contributed by atoms with Gasteiger partial charge in [0.05, 0.1) is 0 Å².